The van der Waals surface area contributed by atoms with Crippen LogP contribution in [0.1, 0.15) is 51.0 Å². The van der Waals surface area contributed by atoms with Gasteiger partial charge in [0, 0.05) is 37.8 Å². The van der Waals surface area contributed by atoms with E-state index in [2.05, 4.69) is 23.3 Å². The molecule has 0 radical (unpaired) electrons. The maximum absolute atomic E-state index is 12.2. The summed E-state index contributed by atoms with van der Waals surface area (Å²) in [7, 11) is 0. The van der Waals surface area contributed by atoms with Crippen molar-refractivity contribution in [2.24, 2.45) is 0 Å². The molecule has 0 aromatic carbocycles. The first-order valence-corrected chi connectivity index (χ1v) is 7.77. The second-order valence-corrected chi connectivity index (χ2v) is 5.42. The molecule has 1 saturated heterocycles. The summed E-state index contributed by atoms with van der Waals surface area (Å²) < 4.78 is 0. The summed E-state index contributed by atoms with van der Waals surface area (Å²) in [4.78, 5) is 18.6. The van der Waals surface area contributed by atoms with E-state index in [1.54, 1.807) is 6.20 Å². The van der Waals surface area contributed by atoms with E-state index >= 15 is 0 Å². The highest BCUT2D eigenvalue weighted by Crippen LogP contribution is 2.18. The molecular weight excluding hydrogens is 250 g/mol. The lowest BCUT2D eigenvalue weighted by Crippen LogP contribution is -2.32. The second-order valence-electron chi connectivity index (χ2n) is 5.42. The molecule has 0 saturated carbocycles. The van der Waals surface area contributed by atoms with Gasteiger partial charge < -0.3 is 10.2 Å². The van der Waals surface area contributed by atoms with Crippen LogP contribution in [0.5, 0.6) is 0 Å². The summed E-state index contributed by atoms with van der Waals surface area (Å²) in [6, 6.07) is 4.01. The third-order valence-electron chi connectivity index (χ3n) is 3.72. The van der Waals surface area contributed by atoms with Gasteiger partial charge in [0.2, 0.25) is 5.91 Å². The number of carbonyl (C=O) groups is 1. The molecule has 2 heterocycles. The highest BCUT2D eigenvalue weighted by Gasteiger charge is 2.17. The van der Waals surface area contributed by atoms with E-state index in [0.29, 0.717) is 13.0 Å². The van der Waals surface area contributed by atoms with Crippen LogP contribution in [-0.2, 0) is 11.3 Å². The van der Waals surface area contributed by atoms with Crippen LogP contribution in [0, 0.1) is 0 Å². The van der Waals surface area contributed by atoms with Gasteiger partial charge in [0.05, 0.1) is 0 Å². The largest absolute Gasteiger partial charge is 0.370 e. The van der Waals surface area contributed by atoms with Gasteiger partial charge in [0.15, 0.2) is 0 Å². The predicted molar refractivity (Wildman–Crippen MR) is 81.5 cm³/mol. The predicted octanol–water partition coefficient (Wildman–Crippen LogP) is 3.20. The fourth-order valence-corrected chi connectivity index (χ4v) is 2.56. The topological polar surface area (TPSA) is 45.2 Å². The molecule has 20 heavy (non-hydrogen) atoms. The van der Waals surface area contributed by atoms with Crippen LogP contribution in [-0.4, -0.2) is 28.9 Å². The van der Waals surface area contributed by atoms with Crippen molar-refractivity contribution in [2.75, 3.05) is 18.4 Å². The van der Waals surface area contributed by atoms with Crippen LogP contribution >= 0.6 is 0 Å². The van der Waals surface area contributed by atoms with Crippen molar-refractivity contribution in [1.29, 1.82) is 0 Å². The summed E-state index contributed by atoms with van der Waals surface area (Å²) in [5, 5.41) is 3.35. The molecule has 2 rings (SSSR count). The Labute approximate surface area is 121 Å². The van der Waals surface area contributed by atoms with Gasteiger partial charge in [-0.15, -0.1) is 0 Å². The third-order valence-corrected chi connectivity index (χ3v) is 3.72. The van der Waals surface area contributed by atoms with E-state index in [1.807, 2.05) is 11.0 Å². The molecule has 1 aromatic heterocycles. The van der Waals surface area contributed by atoms with Crippen LogP contribution in [0.15, 0.2) is 18.3 Å². The molecule has 4 nitrogen and oxygen atoms in total. The van der Waals surface area contributed by atoms with E-state index in [-0.39, 0.29) is 5.91 Å². The first kappa shape index (κ1) is 14.8. The number of hydrogen-bond donors (Lipinski definition) is 1. The Balaban J connectivity index is 2.05. The van der Waals surface area contributed by atoms with Crippen molar-refractivity contribution in [3.63, 3.8) is 0 Å². The molecule has 0 unspecified atom stereocenters. The van der Waals surface area contributed by atoms with Gasteiger partial charge in [0.1, 0.15) is 5.82 Å². The fourth-order valence-electron chi connectivity index (χ4n) is 2.56. The molecule has 110 valence electrons. The van der Waals surface area contributed by atoms with Gasteiger partial charge in [-0.25, -0.2) is 4.98 Å². The van der Waals surface area contributed by atoms with Gasteiger partial charge in [0.25, 0.3) is 0 Å². The van der Waals surface area contributed by atoms with Crippen molar-refractivity contribution in [3.05, 3.63) is 23.9 Å². The minimum Gasteiger partial charge on any atom is -0.370 e. The Morgan fingerprint density at radius 3 is 3.00 bits per heavy atom. The van der Waals surface area contributed by atoms with E-state index in [4.69, 9.17) is 0 Å². The van der Waals surface area contributed by atoms with Crippen molar-refractivity contribution < 1.29 is 4.79 Å². The molecule has 0 spiro atoms. The van der Waals surface area contributed by atoms with E-state index in [0.717, 1.165) is 43.7 Å². The van der Waals surface area contributed by atoms with Crippen LogP contribution < -0.4 is 5.32 Å². The number of pyridine rings is 1. The zero-order valence-electron chi connectivity index (χ0n) is 12.4. The van der Waals surface area contributed by atoms with Gasteiger partial charge in [-0.2, -0.15) is 0 Å². The number of anilines is 1. The Morgan fingerprint density at radius 1 is 1.30 bits per heavy atom. The molecule has 1 aliphatic heterocycles. The normalized spacial score (nSPS) is 16.6. The maximum Gasteiger partial charge on any atom is 0.222 e. The third kappa shape index (κ3) is 4.22. The highest BCUT2D eigenvalue weighted by atomic mass is 16.2. The molecule has 1 fully saturated rings. The molecule has 4 heteroatoms. The van der Waals surface area contributed by atoms with Gasteiger partial charge >= 0.3 is 0 Å². The van der Waals surface area contributed by atoms with Crippen LogP contribution in [0.25, 0.3) is 0 Å². The Bertz CT molecular complexity index is 433. The molecule has 1 aliphatic rings. The van der Waals surface area contributed by atoms with Crippen molar-refractivity contribution in [2.45, 2.75) is 52.0 Å². The monoisotopic (exact) mass is 275 g/mol. The first-order valence-electron chi connectivity index (χ1n) is 7.77. The smallest absolute Gasteiger partial charge is 0.222 e. The van der Waals surface area contributed by atoms with Crippen LogP contribution in [0.2, 0.25) is 0 Å². The highest BCUT2D eigenvalue weighted by molar-refractivity contribution is 5.76. The zero-order valence-corrected chi connectivity index (χ0v) is 12.4. The number of nitrogens with one attached hydrogen (secondary N) is 1. The number of hydrogen-bond acceptors (Lipinski definition) is 3. The average molecular weight is 275 g/mol. The summed E-state index contributed by atoms with van der Waals surface area (Å²) in [6.45, 7) is 4.61. The summed E-state index contributed by atoms with van der Waals surface area (Å²) >= 11 is 0. The number of amides is 1. The molecule has 1 N–H and O–H groups in total. The van der Waals surface area contributed by atoms with Crippen LogP contribution in [0.4, 0.5) is 5.82 Å². The molecule has 0 bridgehead atoms. The Morgan fingerprint density at radius 2 is 2.15 bits per heavy atom. The van der Waals surface area contributed by atoms with Crippen molar-refractivity contribution >= 4 is 11.7 Å². The number of rotatable bonds is 5. The standard InChI is InChI=1S/C16H25N3O/c1-2-10-17-16-14(8-7-11-18-16)13-19-12-6-4-3-5-9-15(19)20/h7-8,11H,2-6,9-10,12-13H2,1H3,(H,17,18). The Kier molecular flexibility index (Phi) is 5.84. The minimum atomic E-state index is 0.287. The molecule has 1 aromatic rings. The van der Waals surface area contributed by atoms with Crippen molar-refractivity contribution in [1.82, 2.24) is 9.88 Å². The molecule has 1 amide bonds. The molecule has 0 atom stereocenters. The number of likely N-dealkylation sites (tertiary alicyclic amines) is 1. The minimum absolute atomic E-state index is 0.287. The SMILES string of the molecule is CCCNc1ncccc1CN1CCCCCCC1=O. The number of nitrogens with zero attached hydrogens (tertiary/aromatic N) is 2. The van der Waals surface area contributed by atoms with E-state index < -0.39 is 0 Å². The lowest BCUT2D eigenvalue weighted by Gasteiger charge is -2.25. The summed E-state index contributed by atoms with van der Waals surface area (Å²) in [5.41, 5.74) is 1.12. The average Bonchev–Trinajstić information content (AvgIpc) is 2.46. The van der Waals surface area contributed by atoms with Crippen LogP contribution in [0.3, 0.4) is 0 Å². The maximum atomic E-state index is 12.2. The van der Waals surface area contributed by atoms with Gasteiger partial charge in [-0.3, -0.25) is 4.79 Å². The second kappa shape index (κ2) is 7.88. The van der Waals surface area contributed by atoms with Gasteiger partial charge in [-0.1, -0.05) is 25.8 Å². The lowest BCUT2D eigenvalue weighted by molar-refractivity contribution is -0.132. The van der Waals surface area contributed by atoms with Gasteiger partial charge in [-0.05, 0) is 25.3 Å². The first-order chi connectivity index (χ1) is 9.81. The Hall–Kier alpha value is -1.58. The summed E-state index contributed by atoms with van der Waals surface area (Å²) in [5.74, 6) is 1.21. The fraction of sp³-hybridized carbons (Fsp3) is 0.625. The molecular formula is C16H25N3O. The van der Waals surface area contributed by atoms with E-state index in [9.17, 15) is 4.79 Å². The van der Waals surface area contributed by atoms with E-state index in [1.165, 1.54) is 12.8 Å². The number of aromatic nitrogens is 1. The van der Waals surface area contributed by atoms with Crippen molar-refractivity contribution in [3.8, 4) is 0 Å². The quantitative estimate of drug-likeness (QED) is 0.897. The number of carbonyl (C=O) groups excluding carboxylic acids is 1. The lowest BCUT2D eigenvalue weighted by atomic mass is 10.1. The zero-order chi connectivity index (χ0) is 14.2. The summed E-state index contributed by atoms with van der Waals surface area (Å²) in [6.07, 6.45) is 8.13. The molecule has 0 aliphatic carbocycles.